The largest absolute Gasteiger partial charge is 0.261 e. The summed E-state index contributed by atoms with van der Waals surface area (Å²) >= 11 is 0. The molecule has 3 aromatic rings. The third-order valence-electron chi connectivity index (χ3n) is 4.50. The molecule has 1 nitrogen and oxygen atoms in total. The van der Waals surface area contributed by atoms with Crippen molar-refractivity contribution in [1.82, 2.24) is 4.98 Å². The lowest BCUT2D eigenvalue weighted by molar-refractivity contribution is 0.849. The lowest BCUT2D eigenvalue weighted by atomic mass is 9.94. The molecule has 4 rings (SSSR count). The van der Waals surface area contributed by atoms with E-state index in [-0.39, 0.29) is 0 Å². The minimum absolute atomic E-state index is 0.465. The van der Waals surface area contributed by atoms with Crippen molar-refractivity contribution in [2.45, 2.75) is 18.8 Å². The molecule has 0 spiro atoms. The highest BCUT2D eigenvalue weighted by molar-refractivity contribution is 5.76. The molecule has 0 bridgehead atoms. The number of benzene rings is 2. The lowest BCUT2D eigenvalue weighted by Gasteiger charge is -2.10. The summed E-state index contributed by atoms with van der Waals surface area (Å²) in [4.78, 5) is 4.48. The van der Waals surface area contributed by atoms with Crippen molar-refractivity contribution in [2.24, 2.45) is 0 Å². The molecule has 0 aliphatic heterocycles. The van der Waals surface area contributed by atoms with Gasteiger partial charge in [0.25, 0.3) is 0 Å². The summed E-state index contributed by atoms with van der Waals surface area (Å²) in [5.41, 5.74) is 6.76. The van der Waals surface area contributed by atoms with Crippen LogP contribution in [0.5, 0.6) is 0 Å². The van der Waals surface area contributed by atoms with Crippen molar-refractivity contribution < 1.29 is 0 Å². The Morgan fingerprint density at radius 3 is 2.39 bits per heavy atom. The van der Waals surface area contributed by atoms with Crippen LogP contribution in [0.4, 0.5) is 0 Å². The number of allylic oxidation sites excluding steroid dienone is 2. The maximum absolute atomic E-state index is 4.48. The van der Waals surface area contributed by atoms with Gasteiger partial charge in [0.1, 0.15) is 0 Å². The van der Waals surface area contributed by atoms with Crippen LogP contribution < -0.4 is 0 Å². The molecule has 1 aromatic heterocycles. The highest BCUT2D eigenvalue weighted by Crippen LogP contribution is 2.39. The standard InChI is InChI=1S/C22H19N/c1-2-8-17(9-3-1)14-18-15-19(16-20-10-6-7-13-23-20)22-12-5-4-11-21(18)22/h1-13,15,18H,14,16H2. The van der Waals surface area contributed by atoms with Crippen molar-refractivity contribution in [3.05, 3.63) is 107 Å². The highest BCUT2D eigenvalue weighted by atomic mass is 14.7. The Labute approximate surface area is 137 Å². The molecule has 0 saturated heterocycles. The Morgan fingerprint density at radius 1 is 0.783 bits per heavy atom. The molecule has 0 fully saturated rings. The Balaban J connectivity index is 1.65. The van der Waals surface area contributed by atoms with E-state index in [0.717, 1.165) is 18.5 Å². The maximum Gasteiger partial charge on any atom is 0.0447 e. The van der Waals surface area contributed by atoms with Gasteiger partial charge in [-0.2, -0.15) is 0 Å². The molecule has 1 heterocycles. The van der Waals surface area contributed by atoms with E-state index < -0.39 is 0 Å². The van der Waals surface area contributed by atoms with Crippen molar-refractivity contribution in [2.75, 3.05) is 0 Å². The second-order valence-electron chi connectivity index (χ2n) is 6.07. The second kappa shape index (κ2) is 6.21. The quantitative estimate of drug-likeness (QED) is 0.657. The van der Waals surface area contributed by atoms with Crippen molar-refractivity contribution in [1.29, 1.82) is 0 Å². The molecule has 0 radical (unpaired) electrons. The third-order valence-corrected chi connectivity index (χ3v) is 4.50. The van der Waals surface area contributed by atoms with Gasteiger partial charge in [0, 0.05) is 24.2 Å². The summed E-state index contributed by atoms with van der Waals surface area (Å²) in [6.45, 7) is 0. The first-order valence-corrected chi connectivity index (χ1v) is 8.14. The fourth-order valence-corrected chi connectivity index (χ4v) is 3.42. The molecule has 112 valence electrons. The van der Waals surface area contributed by atoms with E-state index in [4.69, 9.17) is 0 Å². The van der Waals surface area contributed by atoms with Gasteiger partial charge in [-0.25, -0.2) is 0 Å². The summed E-state index contributed by atoms with van der Waals surface area (Å²) in [5, 5.41) is 0. The topological polar surface area (TPSA) is 12.9 Å². The molecule has 0 saturated carbocycles. The van der Waals surface area contributed by atoms with Crippen LogP contribution in [-0.4, -0.2) is 4.98 Å². The first-order chi connectivity index (χ1) is 11.4. The van der Waals surface area contributed by atoms with Gasteiger partial charge in [0.2, 0.25) is 0 Å². The van der Waals surface area contributed by atoms with Gasteiger partial charge in [-0.3, -0.25) is 4.98 Å². The number of rotatable bonds is 4. The molecular weight excluding hydrogens is 278 g/mol. The molecule has 23 heavy (non-hydrogen) atoms. The van der Waals surface area contributed by atoms with E-state index in [1.807, 2.05) is 12.3 Å². The molecule has 1 aliphatic rings. The molecule has 1 heteroatoms. The van der Waals surface area contributed by atoms with Crippen molar-refractivity contribution >= 4 is 5.57 Å². The maximum atomic E-state index is 4.48. The molecule has 1 aliphatic carbocycles. The van der Waals surface area contributed by atoms with Crippen LogP contribution in [-0.2, 0) is 12.8 Å². The monoisotopic (exact) mass is 297 g/mol. The van der Waals surface area contributed by atoms with Gasteiger partial charge >= 0.3 is 0 Å². The predicted molar refractivity (Wildman–Crippen MR) is 95.2 cm³/mol. The van der Waals surface area contributed by atoms with Crippen LogP contribution in [0.2, 0.25) is 0 Å². The van der Waals surface area contributed by atoms with E-state index in [9.17, 15) is 0 Å². The van der Waals surface area contributed by atoms with Gasteiger partial charge < -0.3 is 0 Å². The minimum atomic E-state index is 0.465. The zero-order valence-electron chi connectivity index (χ0n) is 13.0. The van der Waals surface area contributed by atoms with E-state index in [2.05, 4.69) is 77.8 Å². The van der Waals surface area contributed by atoms with Gasteiger partial charge in [0.05, 0.1) is 0 Å². The van der Waals surface area contributed by atoms with Crippen LogP contribution in [0, 0.1) is 0 Å². The van der Waals surface area contributed by atoms with E-state index in [0.29, 0.717) is 5.92 Å². The van der Waals surface area contributed by atoms with Crippen LogP contribution >= 0.6 is 0 Å². The highest BCUT2D eigenvalue weighted by Gasteiger charge is 2.23. The molecule has 0 N–H and O–H groups in total. The zero-order valence-corrected chi connectivity index (χ0v) is 13.0. The molecule has 2 aromatic carbocycles. The first-order valence-electron chi connectivity index (χ1n) is 8.14. The fourth-order valence-electron chi connectivity index (χ4n) is 3.42. The first kappa shape index (κ1) is 14.0. The average molecular weight is 297 g/mol. The second-order valence-corrected chi connectivity index (χ2v) is 6.07. The Hall–Kier alpha value is -2.67. The Bertz CT molecular complexity index is 819. The zero-order chi connectivity index (χ0) is 15.5. The number of nitrogens with zero attached hydrogens (tertiary/aromatic N) is 1. The summed E-state index contributed by atoms with van der Waals surface area (Å²) in [5.74, 6) is 0.465. The number of fused-ring (bicyclic) bond motifs is 1. The van der Waals surface area contributed by atoms with Crippen LogP contribution in [0.25, 0.3) is 5.57 Å². The van der Waals surface area contributed by atoms with Crippen molar-refractivity contribution in [3.63, 3.8) is 0 Å². The van der Waals surface area contributed by atoms with Crippen LogP contribution in [0.15, 0.2) is 85.1 Å². The number of hydrogen-bond donors (Lipinski definition) is 0. The summed E-state index contributed by atoms with van der Waals surface area (Å²) in [6.07, 6.45) is 6.28. The summed E-state index contributed by atoms with van der Waals surface area (Å²) < 4.78 is 0. The molecule has 1 unspecified atom stereocenters. The van der Waals surface area contributed by atoms with Crippen LogP contribution in [0.3, 0.4) is 0 Å². The summed E-state index contributed by atoms with van der Waals surface area (Å²) in [6, 6.07) is 25.7. The SMILES string of the molecule is C1=C(Cc2ccccn2)c2ccccc2C1Cc1ccccc1. The molecule has 0 amide bonds. The van der Waals surface area contributed by atoms with Gasteiger partial charge in [-0.1, -0.05) is 66.7 Å². The number of hydrogen-bond acceptors (Lipinski definition) is 1. The van der Waals surface area contributed by atoms with Crippen molar-refractivity contribution in [3.8, 4) is 0 Å². The number of aromatic nitrogens is 1. The Morgan fingerprint density at radius 2 is 1.57 bits per heavy atom. The molecule has 1 atom stereocenters. The van der Waals surface area contributed by atoms with Crippen LogP contribution in [0.1, 0.15) is 28.3 Å². The fraction of sp³-hybridized carbons (Fsp3) is 0.136. The van der Waals surface area contributed by atoms with Gasteiger partial charge in [0.15, 0.2) is 0 Å². The Kier molecular flexibility index (Phi) is 3.77. The van der Waals surface area contributed by atoms with Gasteiger partial charge in [-0.05, 0) is 40.8 Å². The number of pyridine rings is 1. The average Bonchev–Trinajstić information content (AvgIpc) is 2.95. The minimum Gasteiger partial charge on any atom is -0.261 e. The van der Waals surface area contributed by atoms with E-state index in [1.54, 1.807) is 0 Å². The normalized spacial score (nSPS) is 16.0. The third kappa shape index (κ3) is 2.95. The van der Waals surface area contributed by atoms with Gasteiger partial charge in [-0.15, -0.1) is 0 Å². The lowest BCUT2D eigenvalue weighted by Crippen LogP contribution is -1.97. The van der Waals surface area contributed by atoms with E-state index in [1.165, 1.54) is 22.3 Å². The smallest absolute Gasteiger partial charge is 0.0447 e. The predicted octanol–water partition coefficient (Wildman–Crippen LogP) is 5.05. The van der Waals surface area contributed by atoms with E-state index >= 15 is 0 Å². The molecular formula is C22H19N. The summed E-state index contributed by atoms with van der Waals surface area (Å²) in [7, 11) is 0.